The zero-order chi connectivity index (χ0) is 28.0. The van der Waals surface area contributed by atoms with Crippen LogP contribution in [-0.2, 0) is 18.4 Å². The van der Waals surface area contributed by atoms with Gasteiger partial charge in [-0.05, 0) is 18.9 Å². The molecule has 1 saturated heterocycles. The number of halogens is 3. The molecule has 0 radical (unpaired) electrons. The van der Waals surface area contributed by atoms with Gasteiger partial charge in [0.15, 0.2) is 11.6 Å². The Bertz CT molecular complexity index is 1710. The largest absolute Gasteiger partial charge is 0.504 e. The summed E-state index contributed by atoms with van der Waals surface area (Å²) in [5.41, 5.74) is 3.60. The van der Waals surface area contributed by atoms with Crippen LogP contribution in [0.3, 0.4) is 0 Å². The summed E-state index contributed by atoms with van der Waals surface area (Å²) in [6.45, 7) is 1.30. The number of fused-ring (bicyclic) bond motifs is 1. The topological polar surface area (TPSA) is 148 Å². The van der Waals surface area contributed by atoms with Crippen LogP contribution in [0.15, 0.2) is 35.6 Å². The number of phenols is 1. The summed E-state index contributed by atoms with van der Waals surface area (Å²) in [5.74, 6) is -5.55. The number of primary amides is 1. The number of pyridine rings is 1. The molecule has 4 N–H and O–H groups in total. The highest BCUT2D eigenvalue weighted by molar-refractivity contribution is 6.33. The summed E-state index contributed by atoms with van der Waals surface area (Å²) in [5, 5.41) is 12.6. The lowest BCUT2D eigenvalue weighted by atomic mass is 10.0. The minimum Gasteiger partial charge on any atom is -0.504 e. The van der Waals surface area contributed by atoms with E-state index in [0.29, 0.717) is 11.5 Å². The van der Waals surface area contributed by atoms with Crippen LogP contribution in [0.2, 0.25) is 5.02 Å². The first kappa shape index (κ1) is 26.1. The maximum Gasteiger partial charge on any atom is 0.263 e. The zero-order valence-electron chi connectivity index (χ0n) is 20.5. The number of aromatic nitrogens is 4. The van der Waals surface area contributed by atoms with Gasteiger partial charge in [0, 0.05) is 43.5 Å². The van der Waals surface area contributed by atoms with Gasteiger partial charge in [0.05, 0.1) is 34.2 Å². The van der Waals surface area contributed by atoms with E-state index in [0.717, 1.165) is 36.6 Å². The predicted octanol–water partition coefficient (Wildman–Crippen LogP) is 2.77. The number of amides is 2. The van der Waals surface area contributed by atoms with Gasteiger partial charge in [-0.25, -0.2) is 14.4 Å². The summed E-state index contributed by atoms with van der Waals surface area (Å²) in [4.78, 5) is 48.4. The van der Waals surface area contributed by atoms with Crippen molar-refractivity contribution in [1.29, 1.82) is 0 Å². The lowest BCUT2D eigenvalue weighted by Crippen LogP contribution is -2.22. The van der Waals surface area contributed by atoms with Crippen LogP contribution < -0.4 is 21.5 Å². The maximum absolute atomic E-state index is 15.0. The van der Waals surface area contributed by atoms with Gasteiger partial charge in [-0.3, -0.25) is 14.4 Å². The molecule has 1 aliphatic heterocycles. The molecule has 2 amide bonds. The summed E-state index contributed by atoms with van der Waals surface area (Å²) >= 11 is 6.26. The van der Waals surface area contributed by atoms with Crippen LogP contribution in [0.1, 0.15) is 23.2 Å². The molecule has 4 aromatic rings. The number of nitrogens with one attached hydrogen (secondary N) is 1. The molecule has 11 nitrogen and oxygen atoms in total. The Hall–Kier alpha value is -4.52. The van der Waals surface area contributed by atoms with E-state index in [1.807, 2.05) is 0 Å². The van der Waals surface area contributed by atoms with Gasteiger partial charge >= 0.3 is 0 Å². The summed E-state index contributed by atoms with van der Waals surface area (Å²) in [6.07, 6.45) is 5.97. The molecule has 1 fully saturated rings. The molecule has 0 spiro atoms. The van der Waals surface area contributed by atoms with Gasteiger partial charge in [-0.15, -0.1) is 0 Å². The fourth-order valence-corrected chi connectivity index (χ4v) is 4.73. The minimum atomic E-state index is -1.71. The third kappa shape index (κ3) is 4.65. The van der Waals surface area contributed by atoms with Crippen molar-refractivity contribution in [3.63, 3.8) is 0 Å². The predicted molar refractivity (Wildman–Crippen MR) is 140 cm³/mol. The van der Waals surface area contributed by atoms with Crippen molar-refractivity contribution in [2.75, 3.05) is 23.3 Å². The van der Waals surface area contributed by atoms with E-state index in [1.165, 1.54) is 30.3 Å². The van der Waals surface area contributed by atoms with Gasteiger partial charge in [0.2, 0.25) is 11.7 Å². The first-order valence-corrected chi connectivity index (χ1v) is 12.2. The van der Waals surface area contributed by atoms with Crippen LogP contribution in [0.25, 0.3) is 22.2 Å². The molecule has 39 heavy (non-hydrogen) atoms. The molecule has 0 atom stereocenters. The number of carbonyl (C=O) groups is 2. The number of nitrogens with zero attached hydrogens (tertiary/aromatic N) is 5. The highest BCUT2D eigenvalue weighted by atomic mass is 35.5. The molecular weight excluding hydrogens is 536 g/mol. The number of hydrogen-bond donors (Lipinski definition) is 3. The number of benzene rings is 1. The van der Waals surface area contributed by atoms with Gasteiger partial charge < -0.3 is 30.2 Å². The van der Waals surface area contributed by atoms with E-state index in [9.17, 15) is 28.3 Å². The van der Waals surface area contributed by atoms with Crippen LogP contribution in [0, 0.1) is 11.6 Å². The number of anilines is 2. The molecule has 1 aliphatic rings. The number of aryl methyl sites for hydroxylation is 1. The summed E-state index contributed by atoms with van der Waals surface area (Å²) in [7, 11) is 1.41. The lowest BCUT2D eigenvalue weighted by Gasteiger charge is -2.18. The number of nitrogens with two attached hydrogens (primary N) is 1. The van der Waals surface area contributed by atoms with Crippen LogP contribution >= 0.6 is 11.6 Å². The fraction of sp³-hybridized carbons (Fsp3) is 0.240. The summed E-state index contributed by atoms with van der Waals surface area (Å²) < 4.78 is 31.9. The van der Waals surface area contributed by atoms with Crippen molar-refractivity contribution >= 4 is 46.0 Å². The number of carbonyl (C=O) groups excluding carboxylic acids is 2. The molecule has 0 aliphatic carbocycles. The third-order valence-corrected chi connectivity index (χ3v) is 6.83. The maximum atomic E-state index is 15.0. The average Bonchev–Trinajstić information content (AvgIpc) is 3.55. The fourth-order valence-electron chi connectivity index (χ4n) is 4.58. The average molecular weight is 558 g/mol. The molecule has 0 unspecified atom stereocenters. The van der Waals surface area contributed by atoms with Gasteiger partial charge in [-0.2, -0.15) is 4.39 Å². The molecular formula is C25H22ClF2N7O4. The van der Waals surface area contributed by atoms with Crippen LogP contribution in [-0.4, -0.2) is 49.1 Å². The second kappa shape index (κ2) is 9.98. The van der Waals surface area contributed by atoms with E-state index >= 15 is 0 Å². The molecule has 5 rings (SSSR count). The van der Waals surface area contributed by atoms with E-state index in [2.05, 4.69) is 20.2 Å². The quantitative estimate of drug-likeness (QED) is 0.330. The Morgan fingerprint density at radius 2 is 1.87 bits per heavy atom. The first-order chi connectivity index (χ1) is 18.6. The van der Waals surface area contributed by atoms with E-state index in [-0.39, 0.29) is 28.2 Å². The molecule has 4 heterocycles. The number of hydrogen-bond acceptors (Lipinski definition) is 7. The first-order valence-electron chi connectivity index (χ1n) is 11.8. The Labute approximate surface area is 224 Å². The Balaban J connectivity index is 1.55. The number of rotatable bonds is 6. The smallest absolute Gasteiger partial charge is 0.263 e. The Morgan fingerprint density at radius 1 is 1.15 bits per heavy atom. The van der Waals surface area contributed by atoms with Gasteiger partial charge in [0.1, 0.15) is 18.0 Å². The zero-order valence-corrected chi connectivity index (χ0v) is 21.3. The van der Waals surface area contributed by atoms with Crippen molar-refractivity contribution in [2.45, 2.75) is 19.4 Å². The lowest BCUT2D eigenvalue weighted by molar-refractivity contribution is -0.116. The van der Waals surface area contributed by atoms with Crippen molar-refractivity contribution in [3.8, 4) is 16.9 Å². The Kier molecular flexibility index (Phi) is 6.68. The normalized spacial score (nSPS) is 13.3. The molecule has 1 aromatic carbocycles. The minimum absolute atomic E-state index is 0.00957. The standard InChI is InChI=1S/C25H22ClF2N7O4/c1-33-11-31-24-19(25(33)39)14(12-6-13(23(29)38)22(37)21(28)20(12)27)9-35(24)10-18(36)32-16-7-17(30-8-15(16)26)34-4-2-3-5-34/h6-9,11,37H,2-5,10H2,1H3,(H2,29,38)(H,30,32,36). The van der Waals surface area contributed by atoms with Crippen molar-refractivity contribution in [1.82, 2.24) is 19.1 Å². The van der Waals surface area contributed by atoms with Gasteiger partial charge in [0.25, 0.3) is 11.5 Å². The number of aromatic hydroxyl groups is 1. The summed E-state index contributed by atoms with van der Waals surface area (Å²) in [6, 6.07) is 2.51. The Morgan fingerprint density at radius 3 is 2.56 bits per heavy atom. The van der Waals surface area contributed by atoms with Crippen molar-refractivity contribution in [3.05, 3.63) is 63.4 Å². The SMILES string of the molecule is Cn1cnc2c(c(-c3cc(C(N)=O)c(O)c(F)c3F)cn2CC(=O)Nc2cc(N3CCCC3)ncc2Cl)c1=O. The third-order valence-electron chi connectivity index (χ3n) is 6.53. The molecule has 202 valence electrons. The van der Waals surface area contributed by atoms with Crippen molar-refractivity contribution < 1.29 is 23.5 Å². The van der Waals surface area contributed by atoms with Gasteiger partial charge in [-0.1, -0.05) is 11.6 Å². The second-order valence-corrected chi connectivity index (χ2v) is 9.51. The van der Waals surface area contributed by atoms with E-state index in [1.54, 1.807) is 6.07 Å². The van der Waals surface area contributed by atoms with Crippen LogP contribution in [0.4, 0.5) is 20.3 Å². The van der Waals surface area contributed by atoms with E-state index in [4.69, 9.17) is 17.3 Å². The molecule has 0 bridgehead atoms. The highest BCUT2D eigenvalue weighted by Crippen LogP contribution is 2.36. The molecule has 3 aromatic heterocycles. The van der Waals surface area contributed by atoms with Crippen LogP contribution in [0.5, 0.6) is 5.75 Å². The van der Waals surface area contributed by atoms with E-state index < -0.39 is 45.9 Å². The molecule has 0 saturated carbocycles. The van der Waals surface area contributed by atoms with Crippen molar-refractivity contribution in [2.24, 2.45) is 12.8 Å². The monoisotopic (exact) mass is 557 g/mol. The highest BCUT2D eigenvalue weighted by Gasteiger charge is 2.26. The molecule has 14 heteroatoms. The second-order valence-electron chi connectivity index (χ2n) is 9.11.